The van der Waals surface area contributed by atoms with Crippen LogP contribution in [-0.4, -0.2) is 25.8 Å². The molecule has 0 spiro atoms. The number of hydrogen-bond acceptors (Lipinski definition) is 4. The minimum absolute atomic E-state index is 0.0116. The summed E-state index contributed by atoms with van der Waals surface area (Å²) in [5, 5.41) is 3.10. The van der Waals surface area contributed by atoms with Gasteiger partial charge in [-0.15, -0.1) is 0 Å². The molecule has 0 aliphatic carbocycles. The second-order valence-electron chi connectivity index (χ2n) is 7.02. The number of carbonyl (C=O) groups excluding carboxylic acids is 1. The third-order valence-corrected chi connectivity index (χ3v) is 4.88. The van der Waals surface area contributed by atoms with Crippen molar-refractivity contribution in [3.05, 3.63) is 73.0 Å². The van der Waals surface area contributed by atoms with Crippen LogP contribution in [0.5, 0.6) is 0 Å². The van der Waals surface area contributed by atoms with Crippen molar-refractivity contribution in [3.63, 3.8) is 0 Å². The summed E-state index contributed by atoms with van der Waals surface area (Å²) in [7, 11) is 0. The Kier molecular flexibility index (Phi) is 5.48. The molecule has 1 amide bonds. The first-order valence-corrected chi connectivity index (χ1v) is 9.74. The van der Waals surface area contributed by atoms with Gasteiger partial charge in [0.15, 0.2) is 0 Å². The second kappa shape index (κ2) is 8.26. The number of nitrogens with zero attached hydrogens (tertiary/aromatic N) is 3. The smallest absolute Gasteiger partial charge is 0.345 e. The normalized spacial score (nSPS) is 11.5. The van der Waals surface area contributed by atoms with Gasteiger partial charge in [-0.25, -0.2) is 15.0 Å². The molecule has 0 atom stereocenters. The molecule has 4 aromatic rings. The molecule has 162 valence electrons. The van der Waals surface area contributed by atoms with E-state index in [4.69, 9.17) is 0 Å². The van der Waals surface area contributed by atoms with Crippen molar-refractivity contribution >= 4 is 22.6 Å². The van der Waals surface area contributed by atoms with E-state index >= 15 is 0 Å². The number of H-pyrrole nitrogens is 1. The summed E-state index contributed by atoms with van der Waals surface area (Å²) < 4.78 is 40.4. The SMILES string of the molecule is C=CC(=O)Nc1cc(-c2cnc3[nH]cc(-c4ccnc(CC)n4)c3c2)cc(C(F)(F)F)c1. The molecule has 4 rings (SSSR count). The minimum Gasteiger partial charge on any atom is -0.345 e. The van der Waals surface area contributed by atoms with Crippen LogP contribution in [0.3, 0.4) is 0 Å². The Morgan fingerprint density at radius 3 is 2.72 bits per heavy atom. The number of hydrogen-bond donors (Lipinski definition) is 2. The number of amides is 1. The van der Waals surface area contributed by atoms with Crippen molar-refractivity contribution in [2.75, 3.05) is 5.32 Å². The molecule has 3 aromatic heterocycles. The Morgan fingerprint density at radius 1 is 1.19 bits per heavy atom. The number of aromatic nitrogens is 4. The van der Waals surface area contributed by atoms with Crippen LogP contribution in [0.4, 0.5) is 18.9 Å². The number of fused-ring (bicyclic) bond motifs is 1. The van der Waals surface area contributed by atoms with Crippen LogP contribution in [0, 0.1) is 0 Å². The first kappa shape index (κ1) is 21.2. The summed E-state index contributed by atoms with van der Waals surface area (Å²) in [4.78, 5) is 27.8. The number of rotatable bonds is 5. The summed E-state index contributed by atoms with van der Waals surface area (Å²) in [5.74, 6) is 0.0775. The first-order valence-electron chi connectivity index (χ1n) is 9.74. The van der Waals surface area contributed by atoms with E-state index in [9.17, 15) is 18.0 Å². The third-order valence-electron chi connectivity index (χ3n) is 4.88. The predicted octanol–water partition coefficient (Wildman–Crippen LogP) is 5.39. The van der Waals surface area contributed by atoms with E-state index in [-0.39, 0.29) is 11.3 Å². The molecule has 0 bridgehead atoms. The Morgan fingerprint density at radius 2 is 2.00 bits per heavy atom. The van der Waals surface area contributed by atoms with Crippen LogP contribution < -0.4 is 5.32 Å². The Labute approximate surface area is 181 Å². The van der Waals surface area contributed by atoms with Crippen LogP contribution >= 0.6 is 0 Å². The van der Waals surface area contributed by atoms with Gasteiger partial charge in [-0.1, -0.05) is 13.5 Å². The zero-order chi connectivity index (χ0) is 22.9. The molecule has 0 aliphatic heterocycles. The predicted molar refractivity (Wildman–Crippen MR) is 116 cm³/mol. The van der Waals surface area contributed by atoms with Gasteiger partial charge in [0.25, 0.3) is 0 Å². The van der Waals surface area contributed by atoms with Crippen LogP contribution in [0.15, 0.2) is 61.6 Å². The summed E-state index contributed by atoms with van der Waals surface area (Å²) in [6, 6.07) is 6.88. The van der Waals surface area contributed by atoms with Crippen molar-refractivity contribution in [3.8, 4) is 22.4 Å². The standard InChI is InChI=1S/C23H18F3N5O/c1-3-20-27-6-5-19(31-20)18-12-29-22-17(18)9-14(11-28-22)13-7-15(23(24,25)26)10-16(8-13)30-21(32)4-2/h4-12H,2-3H2,1H3,(H,28,29)(H,30,32). The zero-order valence-corrected chi connectivity index (χ0v) is 17.0. The average molecular weight is 437 g/mol. The molecule has 2 N–H and O–H groups in total. The second-order valence-corrected chi connectivity index (χ2v) is 7.02. The topological polar surface area (TPSA) is 83.6 Å². The molecule has 0 aliphatic rings. The summed E-state index contributed by atoms with van der Waals surface area (Å²) >= 11 is 0. The molecular formula is C23H18F3N5O. The van der Waals surface area contributed by atoms with Crippen molar-refractivity contribution in [1.29, 1.82) is 0 Å². The van der Waals surface area contributed by atoms with E-state index in [1.807, 2.05) is 6.92 Å². The van der Waals surface area contributed by atoms with Gasteiger partial charge in [-0.2, -0.15) is 13.2 Å². The van der Waals surface area contributed by atoms with Gasteiger partial charge < -0.3 is 10.3 Å². The number of benzene rings is 1. The first-order chi connectivity index (χ1) is 15.3. The van der Waals surface area contributed by atoms with E-state index < -0.39 is 17.6 Å². The zero-order valence-electron chi connectivity index (χ0n) is 17.0. The number of halogens is 3. The van der Waals surface area contributed by atoms with Crippen LogP contribution in [-0.2, 0) is 17.4 Å². The summed E-state index contributed by atoms with van der Waals surface area (Å²) in [5.41, 5.74) is 1.88. The molecule has 0 radical (unpaired) electrons. The van der Waals surface area contributed by atoms with Crippen LogP contribution in [0.2, 0.25) is 0 Å². The van der Waals surface area contributed by atoms with Gasteiger partial charge in [-0.3, -0.25) is 4.79 Å². The highest BCUT2D eigenvalue weighted by Gasteiger charge is 2.31. The number of anilines is 1. The van der Waals surface area contributed by atoms with Crippen molar-refractivity contribution in [2.24, 2.45) is 0 Å². The highest BCUT2D eigenvalue weighted by atomic mass is 19.4. The number of pyridine rings is 1. The van der Waals surface area contributed by atoms with E-state index in [0.29, 0.717) is 34.5 Å². The number of nitrogens with one attached hydrogen (secondary N) is 2. The van der Waals surface area contributed by atoms with Crippen molar-refractivity contribution in [2.45, 2.75) is 19.5 Å². The van der Waals surface area contributed by atoms with Gasteiger partial charge in [-0.05, 0) is 42.0 Å². The lowest BCUT2D eigenvalue weighted by atomic mass is 10.0. The van der Waals surface area contributed by atoms with E-state index in [0.717, 1.165) is 23.8 Å². The average Bonchev–Trinajstić information content (AvgIpc) is 3.21. The Hall–Kier alpha value is -4.01. The van der Waals surface area contributed by atoms with Crippen LogP contribution in [0.25, 0.3) is 33.4 Å². The van der Waals surface area contributed by atoms with E-state index in [1.165, 1.54) is 12.3 Å². The molecule has 9 heteroatoms. The van der Waals surface area contributed by atoms with Gasteiger partial charge >= 0.3 is 6.18 Å². The van der Waals surface area contributed by atoms with Gasteiger partial charge in [0.1, 0.15) is 11.5 Å². The van der Waals surface area contributed by atoms with E-state index in [1.54, 1.807) is 24.5 Å². The number of carbonyl (C=O) groups is 1. The maximum atomic E-state index is 13.5. The van der Waals surface area contributed by atoms with Crippen molar-refractivity contribution in [1.82, 2.24) is 19.9 Å². The van der Waals surface area contributed by atoms with Crippen molar-refractivity contribution < 1.29 is 18.0 Å². The number of aryl methyl sites for hydroxylation is 1. The Bertz CT molecular complexity index is 1330. The minimum atomic E-state index is -4.59. The summed E-state index contributed by atoms with van der Waals surface area (Å²) in [6.45, 7) is 5.28. The maximum absolute atomic E-state index is 13.5. The Balaban J connectivity index is 1.85. The molecule has 3 heterocycles. The fourth-order valence-corrected chi connectivity index (χ4v) is 3.32. The summed E-state index contributed by atoms with van der Waals surface area (Å²) in [6.07, 6.45) is 1.98. The fourth-order valence-electron chi connectivity index (χ4n) is 3.32. The largest absolute Gasteiger partial charge is 0.416 e. The number of aromatic amines is 1. The third kappa shape index (κ3) is 4.22. The number of alkyl halides is 3. The fraction of sp³-hybridized carbons (Fsp3) is 0.130. The quantitative estimate of drug-likeness (QED) is 0.410. The molecule has 0 saturated heterocycles. The molecule has 1 aromatic carbocycles. The van der Waals surface area contributed by atoms with E-state index in [2.05, 4.69) is 31.8 Å². The highest BCUT2D eigenvalue weighted by molar-refractivity contribution is 6.00. The lowest BCUT2D eigenvalue weighted by molar-refractivity contribution is -0.137. The van der Waals surface area contributed by atoms with Gasteiger partial charge in [0.05, 0.1) is 11.3 Å². The van der Waals surface area contributed by atoms with Crippen LogP contribution in [0.1, 0.15) is 18.3 Å². The maximum Gasteiger partial charge on any atom is 0.416 e. The molecule has 6 nitrogen and oxygen atoms in total. The molecular weight excluding hydrogens is 419 g/mol. The lowest BCUT2D eigenvalue weighted by Crippen LogP contribution is -2.10. The highest BCUT2D eigenvalue weighted by Crippen LogP contribution is 2.36. The van der Waals surface area contributed by atoms with Gasteiger partial charge in [0, 0.05) is 47.2 Å². The molecule has 0 unspecified atom stereocenters. The molecule has 0 fully saturated rings. The molecule has 32 heavy (non-hydrogen) atoms. The van der Waals surface area contributed by atoms with Gasteiger partial charge in [0.2, 0.25) is 5.91 Å². The molecule has 0 saturated carbocycles. The lowest BCUT2D eigenvalue weighted by Gasteiger charge is -2.13. The monoisotopic (exact) mass is 437 g/mol.